The zero-order chi connectivity index (χ0) is 14.3. The second-order valence-corrected chi connectivity index (χ2v) is 6.84. The van der Waals surface area contributed by atoms with Crippen molar-refractivity contribution in [2.24, 2.45) is 0 Å². The van der Waals surface area contributed by atoms with Crippen LogP contribution in [0.15, 0.2) is 24.3 Å². The van der Waals surface area contributed by atoms with E-state index in [4.69, 9.17) is 0 Å². The number of benzene rings is 1. The van der Waals surface area contributed by atoms with Crippen LogP contribution in [0, 0.1) is 6.92 Å². The van der Waals surface area contributed by atoms with E-state index in [1.807, 2.05) is 31.2 Å². The highest BCUT2D eigenvalue weighted by atomic mass is 32.2. The van der Waals surface area contributed by atoms with Crippen LogP contribution in [0.4, 0.5) is 5.69 Å². The van der Waals surface area contributed by atoms with Gasteiger partial charge in [0.25, 0.3) is 0 Å². The Balaban J connectivity index is 2.22. The molecule has 0 saturated carbocycles. The molecule has 0 aliphatic heterocycles. The predicted octanol–water partition coefficient (Wildman–Crippen LogP) is 0.958. The molecular formula is C13H20N2O3S. The van der Waals surface area contributed by atoms with Gasteiger partial charge >= 0.3 is 0 Å². The minimum absolute atomic E-state index is 0.134. The highest BCUT2D eigenvalue weighted by Crippen LogP contribution is 2.08. The van der Waals surface area contributed by atoms with Gasteiger partial charge in [0, 0.05) is 11.9 Å². The summed E-state index contributed by atoms with van der Waals surface area (Å²) in [7, 11) is -2.92. The van der Waals surface area contributed by atoms with Crippen molar-refractivity contribution in [3.8, 4) is 0 Å². The number of hydrogen-bond donors (Lipinski definition) is 2. The fourth-order valence-electron chi connectivity index (χ4n) is 1.59. The van der Waals surface area contributed by atoms with E-state index in [0.717, 1.165) is 11.3 Å². The van der Waals surface area contributed by atoms with Gasteiger partial charge < -0.3 is 10.6 Å². The summed E-state index contributed by atoms with van der Waals surface area (Å²) in [6, 6.07) is 7.56. The molecule has 0 bridgehead atoms. The zero-order valence-corrected chi connectivity index (χ0v) is 12.1. The Morgan fingerprint density at radius 2 is 2.05 bits per heavy atom. The standard InChI is InChI=1S/C13H20N2O3S/c1-11-5-3-6-12(9-11)15-13(16)10-14-7-4-8-19(2,17)18/h3,5-6,9,14H,4,7-8,10H2,1-2H3,(H,15,16). The van der Waals surface area contributed by atoms with E-state index >= 15 is 0 Å². The van der Waals surface area contributed by atoms with Crippen LogP contribution in [0.3, 0.4) is 0 Å². The van der Waals surface area contributed by atoms with Gasteiger partial charge in [-0.15, -0.1) is 0 Å². The Hall–Kier alpha value is -1.40. The summed E-state index contributed by atoms with van der Waals surface area (Å²) in [5.74, 6) is 0.00409. The van der Waals surface area contributed by atoms with Gasteiger partial charge in [0.1, 0.15) is 9.84 Å². The number of anilines is 1. The average Bonchev–Trinajstić information content (AvgIpc) is 2.26. The van der Waals surface area contributed by atoms with E-state index in [-0.39, 0.29) is 18.2 Å². The van der Waals surface area contributed by atoms with Crippen LogP contribution in [0.25, 0.3) is 0 Å². The molecular weight excluding hydrogens is 264 g/mol. The van der Waals surface area contributed by atoms with Crippen molar-refractivity contribution in [3.63, 3.8) is 0 Å². The fourth-order valence-corrected chi connectivity index (χ4v) is 2.26. The molecule has 0 radical (unpaired) electrons. The number of carbonyl (C=O) groups is 1. The molecule has 0 aliphatic rings. The monoisotopic (exact) mass is 284 g/mol. The summed E-state index contributed by atoms with van der Waals surface area (Å²) in [5.41, 5.74) is 1.85. The Bertz CT molecular complexity index is 526. The molecule has 0 unspecified atom stereocenters. The largest absolute Gasteiger partial charge is 0.325 e. The first kappa shape index (κ1) is 15.7. The van der Waals surface area contributed by atoms with Gasteiger partial charge in [-0.3, -0.25) is 4.79 Å². The molecule has 106 valence electrons. The Kier molecular flexibility index (Phi) is 5.98. The molecule has 1 amide bonds. The van der Waals surface area contributed by atoms with Crippen LogP contribution in [0.1, 0.15) is 12.0 Å². The second kappa shape index (κ2) is 7.25. The molecule has 19 heavy (non-hydrogen) atoms. The quantitative estimate of drug-likeness (QED) is 0.731. The Morgan fingerprint density at radius 3 is 2.68 bits per heavy atom. The molecule has 2 N–H and O–H groups in total. The summed E-state index contributed by atoms with van der Waals surface area (Å²) in [4.78, 5) is 11.6. The third kappa shape index (κ3) is 7.58. The number of aryl methyl sites for hydroxylation is 1. The molecule has 1 rings (SSSR count). The van der Waals surface area contributed by atoms with Crippen molar-refractivity contribution in [2.45, 2.75) is 13.3 Å². The summed E-state index contributed by atoms with van der Waals surface area (Å²) in [6.07, 6.45) is 1.72. The molecule has 1 aromatic rings. The molecule has 6 heteroatoms. The Labute approximate surface area is 114 Å². The van der Waals surface area contributed by atoms with Gasteiger partial charge in [0.2, 0.25) is 5.91 Å². The van der Waals surface area contributed by atoms with Crippen LogP contribution in [-0.4, -0.2) is 39.4 Å². The van der Waals surface area contributed by atoms with Crippen molar-refractivity contribution in [1.29, 1.82) is 0 Å². The molecule has 0 spiro atoms. The van der Waals surface area contributed by atoms with Gasteiger partial charge in [-0.25, -0.2) is 8.42 Å². The van der Waals surface area contributed by atoms with Crippen molar-refractivity contribution in [1.82, 2.24) is 5.32 Å². The summed E-state index contributed by atoms with van der Waals surface area (Å²) >= 11 is 0. The number of sulfone groups is 1. The number of hydrogen-bond acceptors (Lipinski definition) is 4. The molecule has 0 fully saturated rings. The number of rotatable bonds is 7. The van der Waals surface area contributed by atoms with Crippen LogP contribution in [-0.2, 0) is 14.6 Å². The maximum atomic E-state index is 11.6. The number of nitrogens with one attached hydrogen (secondary N) is 2. The molecule has 0 heterocycles. The van der Waals surface area contributed by atoms with Crippen LogP contribution < -0.4 is 10.6 Å². The minimum Gasteiger partial charge on any atom is -0.325 e. The third-order valence-electron chi connectivity index (χ3n) is 2.46. The molecule has 5 nitrogen and oxygen atoms in total. The average molecular weight is 284 g/mol. The van der Waals surface area contributed by atoms with Crippen molar-refractivity contribution >= 4 is 21.4 Å². The normalized spacial score (nSPS) is 11.3. The highest BCUT2D eigenvalue weighted by Gasteiger charge is 2.03. The lowest BCUT2D eigenvalue weighted by molar-refractivity contribution is -0.115. The van der Waals surface area contributed by atoms with Gasteiger partial charge in [-0.05, 0) is 37.6 Å². The van der Waals surface area contributed by atoms with E-state index in [9.17, 15) is 13.2 Å². The SMILES string of the molecule is Cc1cccc(NC(=O)CNCCCS(C)(=O)=O)c1. The van der Waals surface area contributed by atoms with Crippen molar-refractivity contribution < 1.29 is 13.2 Å². The smallest absolute Gasteiger partial charge is 0.238 e. The first-order valence-corrected chi connectivity index (χ1v) is 8.18. The lowest BCUT2D eigenvalue weighted by Gasteiger charge is -2.07. The van der Waals surface area contributed by atoms with Crippen LogP contribution >= 0.6 is 0 Å². The van der Waals surface area contributed by atoms with E-state index in [1.54, 1.807) is 0 Å². The zero-order valence-electron chi connectivity index (χ0n) is 11.3. The molecule has 0 aliphatic carbocycles. The van der Waals surface area contributed by atoms with E-state index in [2.05, 4.69) is 10.6 Å². The fraction of sp³-hybridized carbons (Fsp3) is 0.462. The first-order valence-electron chi connectivity index (χ1n) is 6.12. The lowest BCUT2D eigenvalue weighted by atomic mass is 10.2. The lowest BCUT2D eigenvalue weighted by Crippen LogP contribution is -2.29. The molecule has 1 aromatic carbocycles. The van der Waals surface area contributed by atoms with E-state index < -0.39 is 9.84 Å². The maximum absolute atomic E-state index is 11.6. The third-order valence-corrected chi connectivity index (χ3v) is 3.49. The van der Waals surface area contributed by atoms with Gasteiger partial charge in [0.15, 0.2) is 0 Å². The molecule has 0 saturated heterocycles. The summed E-state index contributed by atoms with van der Waals surface area (Å²) in [6.45, 7) is 2.64. The summed E-state index contributed by atoms with van der Waals surface area (Å²) < 4.78 is 21.8. The predicted molar refractivity (Wildman–Crippen MR) is 77.0 cm³/mol. The second-order valence-electron chi connectivity index (χ2n) is 4.58. The number of carbonyl (C=O) groups excluding carboxylic acids is 1. The van der Waals surface area contributed by atoms with Crippen LogP contribution in [0.5, 0.6) is 0 Å². The molecule has 0 atom stereocenters. The van der Waals surface area contributed by atoms with Gasteiger partial charge in [-0.1, -0.05) is 12.1 Å². The molecule has 0 aromatic heterocycles. The van der Waals surface area contributed by atoms with Crippen molar-refractivity contribution in [3.05, 3.63) is 29.8 Å². The van der Waals surface area contributed by atoms with Gasteiger partial charge in [0.05, 0.1) is 12.3 Å². The van der Waals surface area contributed by atoms with E-state index in [0.29, 0.717) is 13.0 Å². The Morgan fingerprint density at radius 1 is 1.32 bits per heavy atom. The van der Waals surface area contributed by atoms with Crippen LogP contribution in [0.2, 0.25) is 0 Å². The summed E-state index contributed by atoms with van der Waals surface area (Å²) in [5, 5.41) is 5.69. The maximum Gasteiger partial charge on any atom is 0.238 e. The highest BCUT2D eigenvalue weighted by molar-refractivity contribution is 7.90. The topological polar surface area (TPSA) is 75.3 Å². The first-order chi connectivity index (χ1) is 8.87. The number of amides is 1. The van der Waals surface area contributed by atoms with Gasteiger partial charge in [-0.2, -0.15) is 0 Å². The van der Waals surface area contributed by atoms with E-state index in [1.165, 1.54) is 6.26 Å². The van der Waals surface area contributed by atoms with Crippen molar-refractivity contribution in [2.75, 3.05) is 30.4 Å². The minimum atomic E-state index is -2.92.